The molecule has 2 rings (SSSR count). The van der Waals surface area contributed by atoms with Crippen LogP contribution in [0.2, 0.25) is 0 Å². The first-order valence-corrected chi connectivity index (χ1v) is 8.03. The monoisotopic (exact) mass is 284 g/mol. The van der Waals surface area contributed by atoms with Gasteiger partial charge in [-0.25, -0.2) is 13.1 Å². The predicted molar refractivity (Wildman–Crippen MR) is 73.5 cm³/mol. The Hall–Kier alpha value is -1.11. The molecule has 5 nitrogen and oxygen atoms in total. The summed E-state index contributed by atoms with van der Waals surface area (Å²) in [6.45, 7) is 2.12. The van der Waals surface area contributed by atoms with Crippen molar-refractivity contribution in [3.8, 4) is 5.75 Å². The maximum Gasteiger partial charge on any atom is 0.240 e. The van der Waals surface area contributed by atoms with Gasteiger partial charge in [-0.05, 0) is 43.5 Å². The second-order valence-corrected chi connectivity index (χ2v) is 6.49. The van der Waals surface area contributed by atoms with Crippen molar-refractivity contribution in [1.29, 1.82) is 0 Å². The Bertz CT molecular complexity index is 513. The van der Waals surface area contributed by atoms with Crippen LogP contribution in [0.4, 0.5) is 0 Å². The van der Waals surface area contributed by atoms with Crippen LogP contribution in [-0.2, 0) is 10.0 Å². The zero-order chi connectivity index (χ0) is 13.9. The molecule has 2 unspecified atom stereocenters. The summed E-state index contributed by atoms with van der Waals surface area (Å²) in [6, 6.07) is 6.52. The highest BCUT2D eigenvalue weighted by Gasteiger charge is 2.25. The van der Waals surface area contributed by atoms with E-state index in [0.29, 0.717) is 12.3 Å². The first-order valence-electron chi connectivity index (χ1n) is 6.55. The molecule has 0 saturated heterocycles. The van der Waals surface area contributed by atoms with Gasteiger partial charge in [0.25, 0.3) is 0 Å². The van der Waals surface area contributed by atoms with Crippen molar-refractivity contribution in [3.63, 3.8) is 0 Å². The molecule has 0 bridgehead atoms. The van der Waals surface area contributed by atoms with E-state index in [1.165, 1.54) is 0 Å². The third-order valence-corrected chi connectivity index (χ3v) is 4.82. The zero-order valence-corrected chi connectivity index (χ0v) is 11.8. The molecule has 1 aromatic carbocycles. The topological polar surface area (TPSA) is 81.4 Å². The average molecular weight is 284 g/mol. The highest BCUT2D eigenvalue weighted by molar-refractivity contribution is 7.89. The predicted octanol–water partition coefficient (Wildman–Crippen LogP) is 1.24. The molecule has 19 heavy (non-hydrogen) atoms. The number of nitrogens with one attached hydrogen (secondary N) is 1. The minimum Gasteiger partial charge on any atom is -0.489 e. The molecular formula is C13H20N2O3S. The molecule has 2 atom stereocenters. The summed E-state index contributed by atoms with van der Waals surface area (Å²) in [5.41, 5.74) is 5.93. The number of ether oxygens (including phenoxy) is 1. The molecule has 1 aliphatic rings. The van der Waals surface area contributed by atoms with Crippen LogP contribution in [0.3, 0.4) is 0 Å². The van der Waals surface area contributed by atoms with E-state index in [-0.39, 0.29) is 17.0 Å². The molecule has 0 spiro atoms. The number of hydrogen-bond acceptors (Lipinski definition) is 4. The summed E-state index contributed by atoms with van der Waals surface area (Å²) in [7, 11) is -3.40. The molecule has 3 N–H and O–H groups in total. The van der Waals surface area contributed by atoms with Gasteiger partial charge in [-0.15, -0.1) is 0 Å². The number of sulfonamides is 1. The number of benzene rings is 1. The zero-order valence-electron chi connectivity index (χ0n) is 11.0. The third-order valence-electron chi connectivity index (χ3n) is 3.26. The standard InChI is InChI=1S/C13H20N2O3S/c1-2-15-19(16,17)11-8-6-10(7-9-11)18-13-5-3-4-12(13)14/h6-9,12-13,15H,2-5,14H2,1H3. The highest BCUT2D eigenvalue weighted by atomic mass is 32.2. The van der Waals surface area contributed by atoms with Crippen LogP contribution in [0.1, 0.15) is 26.2 Å². The lowest BCUT2D eigenvalue weighted by Crippen LogP contribution is -2.33. The molecule has 1 aliphatic carbocycles. The van der Waals surface area contributed by atoms with Crippen molar-refractivity contribution in [1.82, 2.24) is 4.72 Å². The molecule has 0 aliphatic heterocycles. The van der Waals surface area contributed by atoms with E-state index in [4.69, 9.17) is 10.5 Å². The maximum absolute atomic E-state index is 11.8. The van der Waals surface area contributed by atoms with Crippen LogP contribution in [0.5, 0.6) is 5.75 Å². The lowest BCUT2D eigenvalue weighted by atomic mass is 10.2. The molecule has 0 radical (unpaired) electrons. The van der Waals surface area contributed by atoms with Gasteiger partial charge < -0.3 is 10.5 Å². The smallest absolute Gasteiger partial charge is 0.240 e. The van der Waals surface area contributed by atoms with E-state index >= 15 is 0 Å². The summed E-state index contributed by atoms with van der Waals surface area (Å²) in [5, 5.41) is 0. The molecule has 0 heterocycles. The molecule has 1 fully saturated rings. The lowest BCUT2D eigenvalue weighted by molar-refractivity contribution is 0.191. The summed E-state index contributed by atoms with van der Waals surface area (Å²) < 4.78 is 31.8. The van der Waals surface area contributed by atoms with Gasteiger partial charge in [-0.1, -0.05) is 6.92 Å². The number of nitrogens with two attached hydrogens (primary N) is 1. The van der Waals surface area contributed by atoms with Gasteiger partial charge in [-0.3, -0.25) is 0 Å². The Labute approximate surface area is 114 Å². The Balaban J connectivity index is 2.06. The van der Waals surface area contributed by atoms with Crippen molar-refractivity contribution in [2.24, 2.45) is 5.73 Å². The molecular weight excluding hydrogens is 264 g/mol. The van der Waals surface area contributed by atoms with E-state index in [1.54, 1.807) is 31.2 Å². The number of rotatable bonds is 5. The molecule has 0 amide bonds. The van der Waals surface area contributed by atoms with Gasteiger partial charge in [-0.2, -0.15) is 0 Å². The van der Waals surface area contributed by atoms with Crippen LogP contribution in [-0.4, -0.2) is 27.1 Å². The fourth-order valence-corrected chi connectivity index (χ4v) is 3.29. The Morgan fingerprint density at radius 2 is 2.00 bits per heavy atom. The van der Waals surface area contributed by atoms with Crippen molar-refractivity contribution in [3.05, 3.63) is 24.3 Å². The normalized spacial score (nSPS) is 23.5. The molecule has 0 aromatic heterocycles. The third kappa shape index (κ3) is 3.46. The summed E-state index contributed by atoms with van der Waals surface area (Å²) in [5.74, 6) is 0.665. The van der Waals surface area contributed by atoms with E-state index in [2.05, 4.69) is 4.72 Å². The minimum absolute atomic E-state index is 0.0382. The van der Waals surface area contributed by atoms with Crippen molar-refractivity contribution in [2.45, 2.75) is 43.2 Å². The van der Waals surface area contributed by atoms with Crippen LogP contribution in [0.25, 0.3) is 0 Å². The fourth-order valence-electron chi connectivity index (χ4n) is 2.25. The second kappa shape index (κ2) is 5.90. The van der Waals surface area contributed by atoms with Crippen LogP contribution < -0.4 is 15.2 Å². The van der Waals surface area contributed by atoms with Gasteiger partial charge in [0.05, 0.1) is 4.90 Å². The fraction of sp³-hybridized carbons (Fsp3) is 0.538. The van der Waals surface area contributed by atoms with Gasteiger partial charge in [0.15, 0.2) is 0 Å². The largest absolute Gasteiger partial charge is 0.489 e. The molecule has 1 aromatic rings. The van der Waals surface area contributed by atoms with E-state index in [1.807, 2.05) is 0 Å². The van der Waals surface area contributed by atoms with E-state index in [9.17, 15) is 8.42 Å². The van der Waals surface area contributed by atoms with E-state index in [0.717, 1.165) is 19.3 Å². The summed E-state index contributed by atoms with van der Waals surface area (Å²) >= 11 is 0. The van der Waals surface area contributed by atoms with Gasteiger partial charge in [0.2, 0.25) is 10.0 Å². The van der Waals surface area contributed by atoms with Gasteiger partial charge >= 0.3 is 0 Å². The van der Waals surface area contributed by atoms with Crippen LogP contribution in [0, 0.1) is 0 Å². The molecule has 1 saturated carbocycles. The van der Waals surface area contributed by atoms with Crippen LogP contribution in [0.15, 0.2) is 29.2 Å². The molecule has 6 heteroatoms. The SMILES string of the molecule is CCNS(=O)(=O)c1ccc(OC2CCCC2N)cc1. The average Bonchev–Trinajstić information content (AvgIpc) is 2.76. The first kappa shape index (κ1) is 14.3. The Morgan fingerprint density at radius 3 is 2.53 bits per heavy atom. The first-order chi connectivity index (χ1) is 9.03. The minimum atomic E-state index is -3.40. The summed E-state index contributed by atoms with van der Waals surface area (Å²) in [4.78, 5) is 0.248. The van der Waals surface area contributed by atoms with Crippen molar-refractivity contribution < 1.29 is 13.2 Å². The quantitative estimate of drug-likeness (QED) is 0.852. The second-order valence-electron chi connectivity index (χ2n) is 4.72. The van der Waals surface area contributed by atoms with Gasteiger partial charge in [0, 0.05) is 12.6 Å². The van der Waals surface area contributed by atoms with Crippen molar-refractivity contribution in [2.75, 3.05) is 6.54 Å². The highest BCUT2D eigenvalue weighted by Crippen LogP contribution is 2.24. The van der Waals surface area contributed by atoms with Crippen LogP contribution >= 0.6 is 0 Å². The maximum atomic E-state index is 11.8. The van der Waals surface area contributed by atoms with Gasteiger partial charge in [0.1, 0.15) is 11.9 Å². The molecule has 106 valence electrons. The Morgan fingerprint density at radius 1 is 1.32 bits per heavy atom. The van der Waals surface area contributed by atoms with Crippen molar-refractivity contribution >= 4 is 10.0 Å². The van der Waals surface area contributed by atoms with E-state index < -0.39 is 10.0 Å². The summed E-state index contributed by atoms with van der Waals surface area (Å²) in [6.07, 6.45) is 3.06. The Kier molecular flexibility index (Phi) is 4.44. The number of hydrogen-bond donors (Lipinski definition) is 2. The lowest BCUT2D eigenvalue weighted by Gasteiger charge is -2.18.